The lowest BCUT2D eigenvalue weighted by molar-refractivity contribution is 0.0753. The van der Waals surface area contributed by atoms with Crippen LogP contribution >= 0.6 is 0 Å². The smallest absolute Gasteiger partial charge is 0.270 e. The molecule has 2 aromatic rings. The number of amides is 1. The van der Waals surface area contributed by atoms with Crippen molar-refractivity contribution in [1.29, 1.82) is 0 Å². The van der Waals surface area contributed by atoms with Crippen LogP contribution in [0, 0.1) is 0 Å². The van der Waals surface area contributed by atoms with Crippen molar-refractivity contribution in [1.82, 2.24) is 19.4 Å². The number of hydrogen-bond acceptors (Lipinski definition) is 5. The van der Waals surface area contributed by atoms with Crippen molar-refractivity contribution in [2.45, 2.75) is 26.7 Å². The minimum atomic E-state index is 0.0746. The van der Waals surface area contributed by atoms with Crippen LogP contribution in [0.15, 0.2) is 24.7 Å². The highest BCUT2D eigenvalue weighted by molar-refractivity contribution is 5.94. The van der Waals surface area contributed by atoms with Gasteiger partial charge in [0.25, 0.3) is 5.91 Å². The first-order valence-corrected chi connectivity index (χ1v) is 9.74. The molecule has 0 radical (unpaired) electrons. The second-order valence-corrected chi connectivity index (χ2v) is 6.83. The topological polar surface area (TPSA) is 63.5 Å². The maximum atomic E-state index is 12.9. The molecule has 0 aromatic carbocycles. The van der Waals surface area contributed by atoms with Gasteiger partial charge in [-0.05, 0) is 19.4 Å². The summed E-state index contributed by atoms with van der Waals surface area (Å²) in [5.74, 6) is 0.802. The summed E-state index contributed by atoms with van der Waals surface area (Å²) < 4.78 is 7.26. The molecule has 0 bridgehead atoms. The van der Waals surface area contributed by atoms with E-state index in [0.717, 1.165) is 56.1 Å². The summed E-state index contributed by atoms with van der Waals surface area (Å²) in [6, 6.07) is 1.93. The monoisotopic (exact) mass is 371 g/mol. The van der Waals surface area contributed by atoms with Gasteiger partial charge in [0.15, 0.2) is 0 Å². The van der Waals surface area contributed by atoms with Gasteiger partial charge < -0.3 is 19.1 Å². The van der Waals surface area contributed by atoms with Gasteiger partial charge >= 0.3 is 0 Å². The van der Waals surface area contributed by atoms with Gasteiger partial charge in [-0.2, -0.15) is 0 Å². The number of carbonyl (C=O) groups excluding carboxylic acids is 1. The number of unbranched alkanes of at least 4 members (excludes halogenated alkanes) is 1. The van der Waals surface area contributed by atoms with Crippen LogP contribution in [-0.2, 0) is 11.8 Å². The largest absolute Gasteiger partial charge is 0.378 e. The maximum Gasteiger partial charge on any atom is 0.270 e. The van der Waals surface area contributed by atoms with Gasteiger partial charge in [0.2, 0.25) is 5.95 Å². The number of carbonyl (C=O) groups is 1. The van der Waals surface area contributed by atoms with E-state index >= 15 is 0 Å². The summed E-state index contributed by atoms with van der Waals surface area (Å²) in [6.45, 7) is 8.72. The molecular formula is C20H29N5O2. The lowest BCUT2D eigenvalue weighted by Gasteiger charge is -2.26. The summed E-state index contributed by atoms with van der Waals surface area (Å²) in [5.41, 5.74) is 2.57. The SMILES string of the molecule is CCCCN(CC)C(=O)c1cc(-c2cnc(N3CCOCC3)nc2)cn1C. The predicted molar refractivity (Wildman–Crippen MR) is 106 cm³/mol. The summed E-state index contributed by atoms with van der Waals surface area (Å²) in [4.78, 5) is 25.9. The molecule has 0 spiro atoms. The molecule has 2 aromatic heterocycles. The molecule has 1 fully saturated rings. The molecule has 146 valence electrons. The number of aromatic nitrogens is 3. The van der Waals surface area contributed by atoms with Gasteiger partial charge in [-0.25, -0.2) is 9.97 Å². The molecule has 1 amide bonds. The summed E-state index contributed by atoms with van der Waals surface area (Å²) >= 11 is 0. The molecule has 1 aliphatic rings. The molecule has 3 rings (SSSR count). The van der Waals surface area contributed by atoms with E-state index in [2.05, 4.69) is 21.8 Å². The Labute approximate surface area is 161 Å². The number of hydrogen-bond donors (Lipinski definition) is 0. The lowest BCUT2D eigenvalue weighted by atomic mass is 10.2. The van der Waals surface area contributed by atoms with Gasteiger partial charge in [-0.3, -0.25) is 4.79 Å². The van der Waals surface area contributed by atoms with Crippen molar-refractivity contribution >= 4 is 11.9 Å². The minimum absolute atomic E-state index is 0.0746. The zero-order valence-corrected chi connectivity index (χ0v) is 16.5. The Morgan fingerprint density at radius 2 is 1.89 bits per heavy atom. The maximum absolute atomic E-state index is 12.9. The lowest BCUT2D eigenvalue weighted by Crippen LogP contribution is -2.37. The quantitative estimate of drug-likeness (QED) is 0.749. The Morgan fingerprint density at radius 1 is 1.19 bits per heavy atom. The first kappa shape index (κ1) is 19.4. The van der Waals surface area contributed by atoms with Gasteiger partial charge in [0.1, 0.15) is 5.69 Å². The molecule has 1 saturated heterocycles. The fraction of sp³-hybridized carbons (Fsp3) is 0.550. The van der Waals surface area contributed by atoms with E-state index in [9.17, 15) is 4.79 Å². The van der Waals surface area contributed by atoms with Crippen molar-refractivity contribution in [3.63, 3.8) is 0 Å². The van der Waals surface area contributed by atoms with Gasteiger partial charge in [-0.15, -0.1) is 0 Å². The van der Waals surface area contributed by atoms with Crippen LogP contribution in [0.25, 0.3) is 11.1 Å². The Morgan fingerprint density at radius 3 is 2.52 bits per heavy atom. The van der Waals surface area contributed by atoms with Gasteiger partial charge in [0.05, 0.1) is 13.2 Å². The van der Waals surface area contributed by atoms with Crippen molar-refractivity contribution < 1.29 is 9.53 Å². The third-order valence-corrected chi connectivity index (χ3v) is 4.94. The molecule has 0 atom stereocenters. The molecule has 1 aliphatic heterocycles. The van der Waals surface area contributed by atoms with E-state index in [1.54, 1.807) is 0 Å². The predicted octanol–water partition coefficient (Wildman–Crippen LogP) is 2.58. The Hall–Kier alpha value is -2.41. The second-order valence-electron chi connectivity index (χ2n) is 6.83. The molecule has 27 heavy (non-hydrogen) atoms. The number of nitrogens with zero attached hydrogens (tertiary/aromatic N) is 5. The van der Waals surface area contributed by atoms with E-state index in [1.165, 1.54) is 0 Å². The highest BCUT2D eigenvalue weighted by atomic mass is 16.5. The summed E-state index contributed by atoms with van der Waals surface area (Å²) in [5, 5.41) is 0. The van der Waals surface area contributed by atoms with Crippen molar-refractivity contribution in [2.24, 2.45) is 7.05 Å². The van der Waals surface area contributed by atoms with Gasteiger partial charge in [0, 0.05) is 62.9 Å². The van der Waals surface area contributed by atoms with Crippen molar-refractivity contribution in [2.75, 3.05) is 44.3 Å². The molecule has 3 heterocycles. The van der Waals surface area contributed by atoms with Crippen LogP contribution in [0.5, 0.6) is 0 Å². The van der Waals surface area contributed by atoms with Gasteiger partial charge in [-0.1, -0.05) is 13.3 Å². The summed E-state index contributed by atoms with van der Waals surface area (Å²) in [6.07, 6.45) is 7.73. The first-order valence-electron chi connectivity index (χ1n) is 9.74. The number of anilines is 1. The highest BCUT2D eigenvalue weighted by Gasteiger charge is 2.19. The first-order chi connectivity index (χ1) is 13.1. The van der Waals surface area contributed by atoms with Crippen LogP contribution in [0.1, 0.15) is 37.2 Å². The number of ether oxygens (including phenoxy) is 1. The van der Waals surface area contributed by atoms with Crippen molar-refractivity contribution in [3.05, 3.63) is 30.4 Å². The van der Waals surface area contributed by atoms with Crippen LogP contribution in [0.2, 0.25) is 0 Å². The van der Waals surface area contributed by atoms with Crippen LogP contribution < -0.4 is 4.90 Å². The molecule has 0 unspecified atom stereocenters. The molecule has 7 nitrogen and oxygen atoms in total. The third-order valence-electron chi connectivity index (χ3n) is 4.94. The van der Waals surface area contributed by atoms with Crippen LogP contribution in [-0.4, -0.2) is 64.7 Å². The molecular weight excluding hydrogens is 342 g/mol. The zero-order chi connectivity index (χ0) is 19.2. The number of aryl methyl sites for hydroxylation is 1. The molecule has 0 N–H and O–H groups in total. The van der Waals surface area contributed by atoms with Crippen molar-refractivity contribution in [3.8, 4) is 11.1 Å². The standard InChI is InChI=1S/C20H29N5O2/c1-4-6-7-24(5-2)19(26)18-12-16(15-23(18)3)17-13-21-20(22-14-17)25-8-10-27-11-9-25/h12-15H,4-11H2,1-3H3. The Bertz CT molecular complexity index is 750. The average molecular weight is 371 g/mol. The van der Waals surface area contributed by atoms with E-state index in [-0.39, 0.29) is 5.91 Å². The molecule has 0 saturated carbocycles. The zero-order valence-electron chi connectivity index (χ0n) is 16.5. The highest BCUT2D eigenvalue weighted by Crippen LogP contribution is 2.23. The third kappa shape index (κ3) is 4.47. The molecule has 7 heteroatoms. The normalized spacial score (nSPS) is 14.4. The fourth-order valence-electron chi connectivity index (χ4n) is 3.25. The van der Waals surface area contributed by atoms with Crippen LogP contribution in [0.3, 0.4) is 0 Å². The number of morpholine rings is 1. The van der Waals surface area contributed by atoms with E-state index in [4.69, 9.17) is 4.74 Å². The average Bonchev–Trinajstić information content (AvgIpc) is 3.11. The Balaban J connectivity index is 1.76. The minimum Gasteiger partial charge on any atom is -0.378 e. The molecule has 0 aliphatic carbocycles. The van der Waals surface area contributed by atoms with E-state index in [1.807, 2.05) is 48.1 Å². The number of rotatable bonds is 7. The fourth-order valence-corrected chi connectivity index (χ4v) is 3.25. The Kier molecular flexibility index (Phi) is 6.45. The summed E-state index contributed by atoms with van der Waals surface area (Å²) in [7, 11) is 1.91. The van der Waals surface area contributed by atoms with E-state index < -0.39 is 0 Å². The van der Waals surface area contributed by atoms with E-state index in [0.29, 0.717) is 18.9 Å². The van der Waals surface area contributed by atoms with Crippen LogP contribution in [0.4, 0.5) is 5.95 Å². The second kappa shape index (κ2) is 8.99.